The van der Waals surface area contributed by atoms with Gasteiger partial charge in [-0.25, -0.2) is 0 Å². The van der Waals surface area contributed by atoms with E-state index in [1.54, 1.807) is 13.8 Å². The summed E-state index contributed by atoms with van der Waals surface area (Å²) < 4.78 is 0. The van der Waals surface area contributed by atoms with Gasteiger partial charge in [0.15, 0.2) is 0 Å². The molecule has 2 saturated heterocycles. The predicted molar refractivity (Wildman–Crippen MR) is 64.5 cm³/mol. The molecule has 0 aromatic carbocycles. The van der Waals surface area contributed by atoms with Gasteiger partial charge in [0.25, 0.3) is 5.91 Å². The number of nitrogens with one attached hydrogen (secondary N) is 2. The van der Waals surface area contributed by atoms with Gasteiger partial charge in [-0.05, 0) is 33.7 Å². The molecule has 0 bridgehead atoms. The van der Waals surface area contributed by atoms with Crippen LogP contribution in [0.5, 0.6) is 0 Å². The third-order valence-electron chi connectivity index (χ3n) is 3.89. The molecule has 3 amide bonds. The van der Waals surface area contributed by atoms with Gasteiger partial charge in [0.1, 0.15) is 12.1 Å². The molecule has 2 fully saturated rings. The molecule has 2 unspecified atom stereocenters. The Morgan fingerprint density at radius 3 is 2.61 bits per heavy atom. The summed E-state index contributed by atoms with van der Waals surface area (Å²) in [4.78, 5) is 37.1. The normalized spacial score (nSPS) is 31.4. The fourth-order valence-electron chi connectivity index (χ4n) is 2.53. The second-order valence-corrected chi connectivity index (χ2v) is 5.50. The summed E-state index contributed by atoms with van der Waals surface area (Å²) in [5.41, 5.74) is -0.965. The van der Waals surface area contributed by atoms with Gasteiger partial charge in [0.05, 0.1) is 5.92 Å². The van der Waals surface area contributed by atoms with E-state index in [9.17, 15) is 14.4 Å². The number of amides is 3. The molecule has 100 valence electrons. The monoisotopic (exact) mass is 253 g/mol. The number of rotatable bonds is 1. The van der Waals surface area contributed by atoms with Crippen LogP contribution >= 0.6 is 0 Å². The Kier molecular flexibility index (Phi) is 3.14. The Balaban J connectivity index is 2.22. The smallest absolute Gasteiger partial charge is 0.252 e. The maximum atomic E-state index is 12.5. The number of nitrogens with zero attached hydrogens (tertiary/aromatic N) is 1. The molecule has 0 radical (unpaired) electrons. The lowest BCUT2D eigenvalue weighted by atomic mass is 9.93. The third-order valence-corrected chi connectivity index (χ3v) is 3.89. The van der Waals surface area contributed by atoms with Crippen LogP contribution in [0.15, 0.2) is 0 Å². The Labute approximate surface area is 106 Å². The van der Waals surface area contributed by atoms with Crippen molar-refractivity contribution in [2.24, 2.45) is 5.92 Å². The van der Waals surface area contributed by atoms with Crippen LogP contribution < -0.4 is 10.6 Å². The van der Waals surface area contributed by atoms with E-state index in [2.05, 4.69) is 10.6 Å². The molecule has 2 atom stereocenters. The summed E-state index contributed by atoms with van der Waals surface area (Å²) in [6.07, 6.45) is 0.752. The van der Waals surface area contributed by atoms with Crippen LogP contribution in [0.3, 0.4) is 0 Å². The van der Waals surface area contributed by atoms with Crippen LogP contribution in [0.2, 0.25) is 0 Å². The van der Waals surface area contributed by atoms with Crippen molar-refractivity contribution in [3.8, 4) is 0 Å². The van der Waals surface area contributed by atoms with E-state index in [1.165, 1.54) is 4.90 Å². The summed E-state index contributed by atoms with van der Waals surface area (Å²) in [5, 5.41) is 5.48. The Hall–Kier alpha value is -1.43. The summed E-state index contributed by atoms with van der Waals surface area (Å²) >= 11 is 0. The molecule has 0 aromatic heterocycles. The molecule has 18 heavy (non-hydrogen) atoms. The van der Waals surface area contributed by atoms with Crippen molar-refractivity contribution in [2.45, 2.75) is 38.8 Å². The predicted octanol–water partition coefficient (Wildman–Crippen LogP) is -0.752. The van der Waals surface area contributed by atoms with E-state index < -0.39 is 17.4 Å². The first kappa shape index (κ1) is 13.0. The fraction of sp³-hybridized carbons (Fsp3) is 0.750. The summed E-state index contributed by atoms with van der Waals surface area (Å²) in [6.45, 7) is 6.04. The van der Waals surface area contributed by atoms with Crippen molar-refractivity contribution in [2.75, 3.05) is 13.1 Å². The first-order valence-electron chi connectivity index (χ1n) is 6.23. The number of piperazine rings is 1. The van der Waals surface area contributed by atoms with Gasteiger partial charge in [-0.15, -0.1) is 0 Å². The standard InChI is InChI=1S/C12H19N3O3/c1-7-8(4-5-13-7)10(17)15-6-9(16)14-11(18)12(15,2)3/h7-8,13H,4-6H2,1-3H3,(H,14,16,18). The van der Waals surface area contributed by atoms with Gasteiger partial charge in [-0.3, -0.25) is 19.7 Å². The molecular formula is C12H19N3O3. The molecule has 6 nitrogen and oxygen atoms in total. The quantitative estimate of drug-likeness (QED) is 0.603. The minimum atomic E-state index is -0.965. The second kappa shape index (κ2) is 4.35. The zero-order valence-corrected chi connectivity index (χ0v) is 10.9. The summed E-state index contributed by atoms with van der Waals surface area (Å²) in [5.74, 6) is -1.08. The lowest BCUT2D eigenvalue weighted by molar-refractivity contribution is -0.157. The van der Waals surface area contributed by atoms with Crippen LogP contribution in [-0.2, 0) is 14.4 Å². The molecule has 0 aromatic rings. The largest absolute Gasteiger partial charge is 0.319 e. The summed E-state index contributed by atoms with van der Waals surface area (Å²) in [7, 11) is 0. The summed E-state index contributed by atoms with van der Waals surface area (Å²) in [6, 6.07) is 0.0911. The molecule has 0 aliphatic carbocycles. The lowest BCUT2D eigenvalue weighted by Crippen LogP contribution is -2.66. The average Bonchev–Trinajstić information content (AvgIpc) is 2.69. The van der Waals surface area contributed by atoms with Gasteiger partial charge < -0.3 is 10.2 Å². The number of carbonyl (C=O) groups excluding carboxylic acids is 3. The highest BCUT2D eigenvalue weighted by molar-refractivity contribution is 6.06. The van der Waals surface area contributed by atoms with Gasteiger partial charge in [0.2, 0.25) is 11.8 Å². The van der Waals surface area contributed by atoms with Crippen LogP contribution in [0.25, 0.3) is 0 Å². The van der Waals surface area contributed by atoms with Crippen molar-refractivity contribution in [1.29, 1.82) is 0 Å². The molecule has 0 spiro atoms. The molecule has 2 aliphatic heterocycles. The maximum Gasteiger partial charge on any atom is 0.252 e. The number of hydrogen-bond donors (Lipinski definition) is 2. The van der Waals surface area contributed by atoms with Crippen LogP contribution in [0.1, 0.15) is 27.2 Å². The SMILES string of the molecule is CC1NCCC1C(=O)N1CC(=O)NC(=O)C1(C)C. The molecule has 0 saturated carbocycles. The van der Waals surface area contributed by atoms with Crippen molar-refractivity contribution in [1.82, 2.24) is 15.5 Å². The first-order valence-corrected chi connectivity index (χ1v) is 6.23. The topological polar surface area (TPSA) is 78.5 Å². The van der Waals surface area contributed by atoms with Crippen molar-refractivity contribution >= 4 is 17.7 Å². The van der Waals surface area contributed by atoms with Crippen molar-refractivity contribution in [3.63, 3.8) is 0 Å². The minimum absolute atomic E-state index is 0.0409. The van der Waals surface area contributed by atoms with E-state index >= 15 is 0 Å². The van der Waals surface area contributed by atoms with E-state index in [0.717, 1.165) is 13.0 Å². The minimum Gasteiger partial charge on any atom is -0.319 e. The van der Waals surface area contributed by atoms with Gasteiger partial charge in [-0.1, -0.05) is 0 Å². The van der Waals surface area contributed by atoms with Crippen LogP contribution in [0.4, 0.5) is 0 Å². The Morgan fingerprint density at radius 1 is 1.39 bits per heavy atom. The number of imide groups is 1. The van der Waals surface area contributed by atoms with E-state index in [0.29, 0.717) is 0 Å². The molecule has 2 N–H and O–H groups in total. The van der Waals surface area contributed by atoms with E-state index in [1.807, 2.05) is 6.92 Å². The van der Waals surface area contributed by atoms with Crippen LogP contribution in [0, 0.1) is 5.92 Å². The van der Waals surface area contributed by atoms with Crippen molar-refractivity contribution < 1.29 is 14.4 Å². The molecular weight excluding hydrogens is 234 g/mol. The third kappa shape index (κ3) is 2.01. The maximum absolute atomic E-state index is 12.5. The zero-order chi connectivity index (χ0) is 13.5. The Bertz CT molecular complexity index is 405. The zero-order valence-electron chi connectivity index (χ0n) is 10.9. The number of hydrogen-bond acceptors (Lipinski definition) is 4. The lowest BCUT2D eigenvalue weighted by Gasteiger charge is -2.41. The first-order chi connectivity index (χ1) is 8.34. The van der Waals surface area contributed by atoms with Gasteiger partial charge in [-0.2, -0.15) is 0 Å². The van der Waals surface area contributed by atoms with Crippen LogP contribution in [-0.4, -0.2) is 47.3 Å². The highest BCUT2D eigenvalue weighted by Gasteiger charge is 2.46. The average molecular weight is 253 g/mol. The Morgan fingerprint density at radius 2 is 2.06 bits per heavy atom. The highest BCUT2D eigenvalue weighted by Crippen LogP contribution is 2.25. The molecule has 2 aliphatic rings. The molecule has 6 heteroatoms. The molecule has 2 rings (SSSR count). The van der Waals surface area contributed by atoms with E-state index in [4.69, 9.17) is 0 Å². The second-order valence-electron chi connectivity index (χ2n) is 5.50. The highest BCUT2D eigenvalue weighted by atomic mass is 16.2. The number of carbonyl (C=O) groups is 3. The van der Waals surface area contributed by atoms with E-state index in [-0.39, 0.29) is 24.4 Å². The fourth-order valence-corrected chi connectivity index (χ4v) is 2.53. The molecule has 2 heterocycles. The van der Waals surface area contributed by atoms with Crippen molar-refractivity contribution in [3.05, 3.63) is 0 Å². The van der Waals surface area contributed by atoms with Gasteiger partial charge >= 0.3 is 0 Å². The van der Waals surface area contributed by atoms with Gasteiger partial charge in [0, 0.05) is 6.04 Å².